The molecule has 1 heterocycles. The number of hydrogen-bond donors (Lipinski definition) is 2. The number of oxime groups is 1. The van der Waals surface area contributed by atoms with Crippen LogP contribution in [0.5, 0.6) is 0 Å². The van der Waals surface area contributed by atoms with Crippen molar-refractivity contribution in [2.75, 3.05) is 13.1 Å². The molecule has 1 aromatic rings. The molecular formula is C13H23N5O2. The van der Waals surface area contributed by atoms with Crippen LogP contribution in [0.1, 0.15) is 35.6 Å². The molecule has 0 saturated heterocycles. The molecule has 1 aromatic heterocycles. The molecule has 1 amide bonds. The van der Waals surface area contributed by atoms with Gasteiger partial charge in [-0.25, -0.2) is 0 Å². The highest BCUT2D eigenvalue weighted by molar-refractivity contribution is 5.96. The molecule has 1 unspecified atom stereocenters. The Hall–Kier alpha value is -2.05. The predicted octanol–water partition coefficient (Wildman–Crippen LogP) is 0.882. The van der Waals surface area contributed by atoms with E-state index in [-0.39, 0.29) is 17.7 Å². The first-order valence-electron chi connectivity index (χ1n) is 6.60. The Morgan fingerprint density at radius 2 is 2.15 bits per heavy atom. The molecule has 0 spiro atoms. The van der Waals surface area contributed by atoms with E-state index in [1.165, 1.54) is 0 Å². The van der Waals surface area contributed by atoms with Crippen LogP contribution in [0.4, 0.5) is 0 Å². The highest BCUT2D eigenvalue weighted by Crippen LogP contribution is 2.15. The van der Waals surface area contributed by atoms with Gasteiger partial charge in [0.25, 0.3) is 5.91 Å². The summed E-state index contributed by atoms with van der Waals surface area (Å²) in [6.45, 7) is 8.36. The third-order valence-electron chi connectivity index (χ3n) is 3.51. The van der Waals surface area contributed by atoms with Crippen molar-refractivity contribution in [3.8, 4) is 0 Å². The standard InChI is InChI=1S/C13H23N5O2/c1-6-18(7-8(2)12(14)16-20)13(19)11-9(3)15-17(5)10(11)4/h8,20H,6-7H2,1-5H3,(H2,14,16). The van der Waals surface area contributed by atoms with Crippen LogP contribution in [0.2, 0.25) is 0 Å². The first-order chi connectivity index (χ1) is 9.33. The lowest BCUT2D eigenvalue weighted by Gasteiger charge is -2.24. The fourth-order valence-electron chi connectivity index (χ4n) is 2.12. The zero-order chi connectivity index (χ0) is 15.4. The van der Waals surface area contributed by atoms with E-state index < -0.39 is 0 Å². The van der Waals surface area contributed by atoms with Gasteiger partial charge in [-0.3, -0.25) is 9.48 Å². The lowest BCUT2D eigenvalue weighted by molar-refractivity contribution is 0.0752. The Kier molecular flexibility index (Phi) is 5.12. The van der Waals surface area contributed by atoms with Gasteiger partial charge < -0.3 is 15.8 Å². The maximum Gasteiger partial charge on any atom is 0.257 e. The van der Waals surface area contributed by atoms with Crippen LogP contribution in [0.25, 0.3) is 0 Å². The van der Waals surface area contributed by atoms with Gasteiger partial charge in [-0.1, -0.05) is 12.1 Å². The average molecular weight is 281 g/mol. The SMILES string of the molecule is CCN(CC(C)C(N)=NO)C(=O)c1c(C)nn(C)c1C. The van der Waals surface area contributed by atoms with Gasteiger partial charge in [-0.05, 0) is 20.8 Å². The summed E-state index contributed by atoms with van der Waals surface area (Å²) in [6, 6.07) is 0. The number of amidine groups is 1. The maximum absolute atomic E-state index is 12.6. The molecule has 0 bridgehead atoms. The Bertz CT molecular complexity index is 521. The zero-order valence-corrected chi connectivity index (χ0v) is 12.7. The second kappa shape index (κ2) is 6.40. The minimum Gasteiger partial charge on any atom is -0.409 e. The molecule has 0 radical (unpaired) electrons. The number of nitrogens with two attached hydrogens (primary N) is 1. The van der Waals surface area contributed by atoms with Gasteiger partial charge in [0.1, 0.15) is 5.84 Å². The average Bonchev–Trinajstić information content (AvgIpc) is 2.67. The lowest BCUT2D eigenvalue weighted by Crippen LogP contribution is -2.39. The summed E-state index contributed by atoms with van der Waals surface area (Å²) in [5, 5.41) is 15.9. The summed E-state index contributed by atoms with van der Waals surface area (Å²) in [6.07, 6.45) is 0. The minimum atomic E-state index is -0.207. The number of aromatic nitrogens is 2. The van der Waals surface area contributed by atoms with E-state index in [0.717, 1.165) is 5.69 Å². The molecule has 0 aliphatic rings. The van der Waals surface area contributed by atoms with Gasteiger partial charge >= 0.3 is 0 Å². The van der Waals surface area contributed by atoms with Crippen molar-refractivity contribution in [2.45, 2.75) is 27.7 Å². The second-order valence-electron chi connectivity index (χ2n) is 4.94. The van der Waals surface area contributed by atoms with Crippen molar-refractivity contribution in [3.05, 3.63) is 17.0 Å². The summed E-state index contributed by atoms with van der Waals surface area (Å²) >= 11 is 0. The molecule has 0 fully saturated rings. The normalized spacial score (nSPS) is 13.3. The van der Waals surface area contributed by atoms with Crippen molar-refractivity contribution in [2.24, 2.45) is 23.9 Å². The topological polar surface area (TPSA) is 96.7 Å². The van der Waals surface area contributed by atoms with Crippen LogP contribution < -0.4 is 5.73 Å². The molecule has 0 aromatic carbocycles. The Labute approximate surface area is 119 Å². The molecule has 3 N–H and O–H groups in total. The Balaban J connectivity index is 2.98. The van der Waals surface area contributed by atoms with Gasteiger partial charge in [0.05, 0.1) is 11.3 Å². The summed E-state index contributed by atoms with van der Waals surface area (Å²) < 4.78 is 1.70. The lowest BCUT2D eigenvalue weighted by atomic mass is 10.1. The van der Waals surface area contributed by atoms with E-state index in [1.807, 2.05) is 34.7 Å². The largest absolute Gasteiger partial charge is 0.409 e. The quantitative estimate of drug-likeness (QED) is 0.362. The summed E-state index contributed by atoms with van der Waals surface area (Å²) in [7, 11) is 1.81. The van der Waals surface area contributed by atoms with Crippen molar-refractivity contribution in [3.63, 3.8) is 0 Å². The van der Waals surface area contributed by atoms with Crippen LogP contribution >= 0.6 is 0 Å². The monoisotopic (exact) mass is 281 g/mol. The number of amides is 1. The van der Waals surface area contributed by atoms with Crippen LogP contribution in [-0.2, 0) is 7.05 Å². The highest BCUT2D eigenvalue weighted by atomic mass is 16.4. The molecular weight excluding hydrogens is 258 g/mol. The fraction of sp³-hybridized carbons (Fsp3) is 0.615. The van der Waals surface area contributed by atoms with E-state index >= 15 is 0 Å². The van der Waals surface area contributed by atoms with Crippen molar-refractivity contribution >= 4 is 11.7 Å². The number of aryl methyl sites for hydroxylation is 2. The van der Waals surface area contributed by atoms with Crippen molar-refractivity contribution < 1.29 is 10.0 Å². The van der Waals surface area contributed by atoms with Crippen molar-refractivity contribution in [1.29, 1.82) is 0 Å². The molecule has 0 aliphatic heterocycles. The summed E-state index contributed by atoms with van der Waals surface area (Å²) in [4.78, 5) is 14.3. The minimum absolute atomic E-state index is 0.0758. The first kappa shape index (κ1) is 16.0. The maximum atomic E-state index is 12.6. The van der Waals surface area contributed by atoms with Crippen LogP contribution in [0.3, 0.4) is 0 Å². The summed E-state index contributed by atoms with van der Waals surface area (Å²) in [5.41, 5.74) is 7.74. The van der Waals surface area contributed by atoms with E-state index in [0.29, 0.717) is 24.3 Å². The van der Waals surface area contributed by atoms with E-state index in [9.17, 15) is 4.79 Å². The third-order valence-corrected chi connectivity index (χ3v) is 3.51. The molecule has 0 saturated carbocycles. The van der Waals surface area contributed by atoms with Gasteiger partial charge in [-0.15, -0.1) is 0 Å². The number of nitrogens with zero attached hydrogens (tertiary/aromatic N) is 4. The molecule has 7 nitrogen and oxygen atoms in total. The third kappa shape index (κ3) is 3.09. The van der Waals surface area contributed by atoms with E-state index in [4.69, 9.17) is 10.9 Å². The molecule has 112 valence electrons. The van der Waals surface area contributed by atoms with Crippen LogP contribution in [0.15, 0.2) is 5.16 Å². The van der Waals surface area contributed by atoms with E-state index in [1.54, 1.807) is 9.58 Å². The molecule has 20 heavy (non-hydrogen) atoms. The molecule has 7 heteroatoms. The van der Waals surface area contributed by atoms with Gasteiger partial charge in [0.15, 0.2) is 0 Å². The molecule has 1 rings (SSSR count). The van der Waals surface area contributed by atoms with E-state index in [2.05, 4.69) is 10.3 Å². The van der Waals surface area contributed by atoms with Crippen molar-refractivity contribution in [1.82, 2.24) is 14.7 Å². The Morgan fingerprint density at radius 3 is 2.55 bits per heavy atom. The smallest absolute Gasteiger partial charge is 0.257 e. The first-order valence-corrected chi connectivity index (χ1v) is 6.60. The summed E-state index contributed by atoms with van der Waals surface area (Å²) in [5.74, 6) is -0.162. The van der Waals surface area contributed by atoms with Gasteiger partial charge in [0, 0.05) is 31.7 Å². The molecule has 1 atom stereocenters. The number of rotatable bonds is 5. The van der Waals surface area contributed by atoms with Crippen LogP contribution in [0, 0.1) is 19.8 Å². The highest BCUT2D eigenvalue weighted by Gasteiger charge is 2.24. The zero-order valence-electron chi connectivity index (χ0n) is 12.7. The van der Waals surface area contributed by atoms with Gasteiger partial charge in [-0.2, -0.15) is 5.10 Å². The second-order valence-corrected chi connectivity index (χ2v) is 4.94. The fourth-order valence-corrected chi connectivity index (χ4v) is 2.12. The number of hydrogen-bond acceptors (Lipinski definition) is 4. The Morgan fingerprint density at radius 1 is 1.55 bits per heavy atom. The van der Waals surface area contributed by atoms with Crippen LogP contribution in [-0.4, -0.2) is 44.7 Å². The number of carbonyl (C=O) groups excluding carboxylic acids is 1. The molecule has 0 aliphatic carbocycles. The number of carbonyl (C=O) groups is 1. The van der Waals surface area contributed by atoms with Gasteiger partial charge in [0.2, 0.25) is 0 Å². The predicted molar refractivity (Wildman–Crippen MR) is 76.8 cm³/mol.